The molecule has 0 N–H and O–H groups in total. The van der Waals surface area contributed by atoms with Crippen LogP contribution < -0.4 is 0 Å². The highest BCUT2D eigenvalue weighted by atomic mass is 32.2. The Bertz CT molecular complexity index is 1350. The fraction of sp³-hybridized carbons (Fsp3) is 0.154. The number of non-ortho nitro benzene ring substituents is 1. The molecule has 0 saturated carbocycles. The second kappa shape index (κ2) is 11.4. The largest absolute Gasteiger partial charge is 0.453 e. The van der Waals surface area contributed by atoms with E-state index in [0.717, 1.165) is 5.56 Å². The SMILES string of the molecule is C=CCN(C(=O)CC(OC(=O)c1ccc([N+](=O)[O-])cc1)c1ccccc1)S(=O)(=O)c1ccc(C)cc1. The average Bonchev–Trinajstić information content (AvgIpc) is 2.87. The number of ether oxygens (including phenoxy) is 1. The van der Waals surface area contributed by atoms with E-state index < -0.39 is 39.3 Å². The van der Waals surface area contributed by atoms with Crippen molar-refractivity contribution in [3.05, 3.63) is 118 Å². The van der Waals surface area contributed by atoms with Gasteiger partial charge in [-0.1, -0.05) is 54.1 Å². The summed E-state index contributed by atoms with van der Waals surface area (Å²) in [5.41, 5.74) is 1.19. The molecular formula is C26H24N2O7S. The first-order chi connectivity index (χ1) is 17.1. The molecule has 186 valence electrons. The van der Waals surface area contributed by atoms with E-state index in [1.54, 1.807) is 42.5 Å². The first-order valence-corrected chi connectivity index (χ1v) is 12.3. The summed E-state index contributed by atoms with van der Waals surface area (Å²) in [5.74, 6) is -1.61. The molecule has 1 atom stereocenters. The number of benzene rings is 3. The molecule has 1 amide bonds. The molecule has 0 radical (unpaired) electrons. The Labute approximate surface area is 208 Å². The second-order valence-corrected chi connectivity index (χ2v) is 9.71. The zero-order valence-electron chi connectivity index (χ0n) is 19.4. The van der Waals surface area contributed by atoms with Crippen LogP contribution in [0.25, 0.3) is 0 Å². The summed E-state index contributed by atoms with van der Waals surface area (Å²) in [7, 11) is -4.19. The Morgan fingerprint density at radius 1 is 1.03 bits per heavy atom. The van der Waals surface area contributed by atoms with Crippen LogP contribution in [0, 0.1) is 17.0 Å². The third kappa shape index (κ3) is 6.22. The molecule has 0 aromatic heterocycles. The fourth-order valence-electron chi connectivity index (χ4n) is 3.36. The number of aryl methyl sites for hydroxylation is 1. The highest BCUT2D eigenvalue weighted by Crippen LogP contribution is 2.26. The molecule has 0 aliphatic rings. The van der Waals surface area contributed by atoms with Gasteiger partial charge in [0.1, 0.15) is 6.10 Å². The van der Waals surface area contributed by atoms with Gasteiger partial charge in [-0.25, -0.2) is 17.5 Å². The van der Waals surface area contributed by atoms with Crippen LogP contribution in [0.5, 0.6) is 0 Å². The number of amides is 1. The molecule has 0 bridgehead atoms. The maximum absolute atomic E-state index is 13.3. The zero-order valence-corrected chi connectivity index (χ0v) is 20.3. The molecule has 0 spiro atoms. The van der Waals surface area contributed by atoms with Gasteiger partial charge in [-0.15, -0.1) is 6.58 Å². The molecule has 1 unspecified atom stereocenters. The summed E-state index contributed by atoms with van der Waals surface area (Å²) in [6.07, 6.45) is -0.270. The van der Waals surface area contributed by atoms with Crippen LogP contribution in [0.4, 0.5) is 5.69 Å². The Balaban J connectivity index is 1.88. The minimum absolute atomic E-state index is 0.0456. The van der Waals surface area contributed by atoms with Gasteiger partial charge in [0.15, 0.2) is 0 Å². The molecule has 0 heterocycles. The molecule has 9 nitrogen and oxygen atoms in total. The number of nitro benzene ring substituents is 1. The van der Waals surface area contributed by atoms with Crippen LogP contribution in [-0.4, -0.2) is 36.1 Å². The van der Waals surface area contributed by atoms with E-state index in [9.17, 15) is 28.1 Å². The summed E-state index contributed by atoms with van der Waals surface area (Å²) in [4.78, 5) is 36.3. The van der Waals surface area contributed by atoms with Crippen LogP contribution in [0.2, 0.25) is 0 Å². The quantitative estimate of drug-likeness (QED) is 0.170. The van der Waals surface area contributed by atoms with E-state index >= 15 is 0 Å². The normalized spacial score (nSPS) is 11.8. The van der Waals surface area contributed by atoms with Gasteiger partial charge in [0, 0.05) is 12.1 Å². The van der Waals surface area contributed by atoms with Crippen LogP contribution in [-0.2, 0) is 19.6 Å². The highest BCUT2D eigenvalue weighted by Gasteiger charge is 2.31. The molecule has 0 aliphatic carbocycles. The van der Waals surface area contributed by atoms with Crippen molar-refractivity contribution in [1.29, 1.82) is 0 Å². The molecular weight excluding hydrogens is 484 g/mol. The lowest BCUT2D eigenvalue weighted by Crippen LogP contribution is -2.38. The highest BCUT2D eigenvalue weighted by molar-refractivity contribution is 7.89. The monoisotopic (exact) mass is 508 g/mol. The van der Waals surface area contributed by atoms with Crippen LogP contribution in [0.1, 0.15) is 34.0 Å². The zero-order chi connectivity index (χ0) is 26.3. The van der Waals surface area contributed by atoms with E-state index in [2.05, 4.69) is 6.58 Å². The van der Waals surface area contributed by atoms with E-state index in [-0.39, 0.29) is 22.7 Å². The van der Waals surface area contributed by atoms with Crippen LogP contribution in [0.15, 0.2) is 96.4 Å². The average molecular weight is 509 g/mol. The Hall–Kier alpha value is -4.31. The molecule has 36 heavy (non-hydrogen) atoms. The lowest BCUT2D eigenvalue weighted by atomic mass is 10.1. The van der Waals surface area contributed by atoms with Crippen molar-refractivity contribution in [2.75, 3.05) is 6.54 Å². The molecule has 0 fully saturated rings. The van der Waals surface area contributed by atoms with Crippen molar-refractivity contribution in [3.63, 3.8) is 0 Å². The third-order valence-electron chi connectivity index (χ3n) is 5.28. The van der Waals surface area contributed by atoms with Gasteiger partial charge in [0.2, 0.25) is 5.91 Å². The minimum Gasteiger partial charge on any atom is -0.453 e. The molecule has 0 saturated heterocycles. The van der Waals surface area contributed by atoms with Crippen molar-refractivity contribution >= 4 is 27.6 Å². The first kappa shape index (κ1) is 26.3. The second-order valence-electron chi connectivity index (χ2n) is 7.84. The van der Waals surface area contributed by atoms with Gasteiger partial charge in [0.05, 0.1) is 28.3 Å². The predicted molar refractivity (Wildman–Crippen MR) is 133 cm³/mol. The number of hydrogen-bond donors (Lipinski definition) is 0. The number of carbonyl (C=O) groups is 2. The smallest absolute Gasteiger partial charge is 0.338 e. The number of nitrogens with zero attached hydrogens (tertiary/aromatic N) is 2. The fourth-order valence-corrected chi connectivity index (χ4v) is 4.74. The molecule has 10 heteroatoms. The Kier molecular flexibility index (Phi) is 8.34. The summed E-state index contributed by atoms with van der Waals surface area (Å²) in [6.45, 7) is 5.10. The van der Waals surface area contributed by atoms with Gasteiger partial charge in [-0.2, -0.15) is 0 Å². The van der Waals surface area contributed by atoms with Gasteiger partial charge in [-0.05, 0) is 36.8 Å². The molecule has 3 aromatic rings. The summed E-state index contributed by atoms with van der Waals surface area (Å²) in [6, 6.07) is 19.3. The Morgan fingerprint density at radius 3 is 2.19 bits per heavy atom. The van der Waals surface area contributed by atoms with Gasteiger partial charge in [-0.3, -0.25) is 14.9 Å². The van der Waals surface area contributed by atoms with Crippen LogP contribution in [0.3, 0.4) is 0 Å². The maximum atomic E-state index is 13.3. The maximum Gasteiger partial charge on any atom is 0.338 e. The number of hydrogen-bond acceptors (Lipinski definition) is 7. The van der Waals surface area contributed by atoms with E-state index in [0.29, 0.717) is 9.87 Å². The summed E-state index contributed by atoms with van der Waals surface area (Å²) >= 11 is 0. The lowest BCUT2D eigenvalue weighted by molar-refractivity contribution is -0.384. The summed E-state index contributed by atoms with van der Waals surface area (Å²) < 4.78 is 32.7. The van der Waals surface area contributed by atoms with E-state index in [1.165, 1.54) is 42.5 Å². The Morgan fingerprint density at radius 2 is 1.64 bits per heavy atom. The third-order valence-corrected chi connectivity index (χ3v) is 7.08. The minimum atomic E-state index is -4.19. The van der Waals surface area contributed by atoms with E-state index in [1.807, 2.05) is 6.92 Å². The van der Waals surface area contributed by atoms with Crippen molar-refractivity contribution in [3.8, 4) is 0 Å². The van der Waals surface area contributed by atoms with Crippen molar-refractivity contribution in [1.82, 2.24) is 4.31 Å². The summed E-state index contributed by atoms with van der Waals surface area (Å²) in [5, 5.41) is 10.9. The molecule has 3 aromatic carbocycles. The van der Waals surface area contributed by atoms with Crippen molar-refractivity contribution < 1.29 is 27.7 Å². The number of nitro groups is 1. The number of rotatable bonds is 10. The van der Waals surface area contributed by atoms with Crippen molar-refractivity contribution in [2.24, 2.45) is 0 Å². The lowest BCUT2D eigenvalue weighted by Gasteiger charge is -2.24. The topological polar surface area (TPSA) is 124 Å². The predicted octanol–water partition coefficient (Wildman–Crippen LogP) is 4.59. The molecule has 3 rings (SSSR count). The van der Waals surface area contributed by atoms with Gasteiger partial charge >= 0.3 is 5.97 Å². The number of esters is 1. The van der Waals surface area contributed by atoms with Crippen molar-refractivity contribution in [2.45, 2.75) is 24.3 Å². The number of sulfonamides is 1. The first-order valence-electron chi connectivity index (χ1n) is 10.9. The van der Waals surface area contributed by atoms with Gasteiger partial charge in [0.25, 0.3) is 15.7 Å². The molecule has 0 aliphatic heterocycles. The standard InChI is InChI=1S/C26H24N2O7S/c1-3-17-27(36(33,34)23-15-9-19(2)10-16-23)25(29)18-24(20-7-5-4-6-8-20)35-26(30)21-11-13-22(14-12-21)28(31)32/h3-16,24H,1,17-18H2,2H3. The van der Waals surface area contributed by atoms with Gasteiger partial charge < -0.3 is 4.74 Å². The van der Waals surface area contributed by atoms with Crippen LogP contribution >= 0.6 is 0 Å². The van der Waals surface area contributed by atoms with E-state index in [4.69, 9.17) is 4.74 Å². The number of carbonyl (C=O) groups excluding carboxylic acids is 2.